The van der Waals surface area contributed by atoms with Crippen LogP contribution in [0.4, 0.5) is 0 Å². The highest BCUT2D eigenvalue weighted by molar-refractivity contribution is 5.94. The molecule has 1 rings (SSSR count). The van der Waals surface area contributed by atoms with Gasteiger partial charge in [0.05, 0.1) is 6.20 Å². The van der Waals surface area contributed by atoms with Gasteiger partial charge < -0.3 is 10.6 Å². The lowest BCUT2D eigenvalue weighted by atomic mass is 10.4. The molecule has 5 heteroatoms. The van der Waals surface area contributed by atoms with Gasteiger partial charge in [-0.25, -0.2) is 4.98 Å². The number of nitrogens with zero attached hydrogens (tertiary/aromatic N) is 3. The number of hydrogen-bond acceptors (Lipinski definition) is 4. The Balaban J connectivity index is 2.85. The fraction of sp³-hybridized carbons (Fsp3) is 0.167. The molecule has 2 N–H and O–H groups in total. The molecular formula is C6H8N4O. The summed E-state index contributed by atoms with van der Waals surface area (Å²) in [6, 6.07) is 0. The summed E-state index contributed by atoms with van der Waals surface area (Å²) < 4.78 is 0. The molecule has 0 bridgehead atoms. The third kappa shape index (κ3) is 1.89. The molecule has 1 aromatic heterocycles. The zero-order chi connectivity index (χ0) is 8.10. The van der Waals surface area contributed by atoms with Gasteiger partial charge in [-0.3, -0.25) is 4.98 Å². The molecule has 1 aromatic rings. The highest BCUT2D eigenvalue weighted by Crippen LogP contribution is 1.88. The van der Waals surface area contributed by atoms with Crippen molar-refractivity contribution < 1.29 is 4.84 Å². The summed E-state index contributed by atoms with van der Waals surface area (Å²) in [6.45, 7) is 0. The van der Waals surface area contributed by atoms with Crippen molar-refractivity contribution in [3.8, 4) is 0 Å². The quantitative estimate of drug-likeness (QED) is 0.360. The lowest BCUT2D eigenvalue weighted by Crippen LogP contribution is -2.15. The summed E-state index contributed by atoms with van der Waals surface area (Å²) in [5, 5.41) is 3.49. The summed E-state index contributed by atoms with van der Waals surface area (Å²) in [5.74, 6) is 0.223. The molecule has 58 valence electrons. The standard InChI is InChI=1S/C6H8N4O/c1-11-10-6(7)5-4-8-2-3-9-5/h2-4H,1H3,(H2,7,10). The summed E-state index contributed by atoms with van der Waals surface area (Å²) in [6.07, 6.45) is 4.61. The Labute approximate surface area is 63.9 Å². The zero-order valence-corrected chi connectivity index (χ0v) is 6.06. The Hall–Kier alpha value is -1.65. The van der Waals surface area contributed by atoms with E-state index in [0.29, 0.717) is 5.69 Å². The van der Waals surface area contributed by atoms with Crippen molar-refractivity contribution in [3.05, 3.63) is 24.3 Å². The van der Waals surface area contributed by atoms with Crippen LogP contribution in [0.2, 0.25) is 0 Å². The van der Waals surface area contributed by atoms with E-state index in [-0.39, 0.29) is 5.84 Å². The van der Waals surface area contributed by atoms with Gasteiger partial charge in [0.15, 0.2) is 5.84 Å². The number of amidine groups is 1. The van der Waals surface area contributed by atoms with Crippen LogP contribution >= 0.6 is 0 Å². The van der Waals surface area contributed by atoms with E-state index in [2.05, 4.69) is 20.0 Å². The predicted octanol–water partition coefficient (Wildman–Crippen LogP) is -0.257. The Morgan fingerprint density at radius 2 is 2.45 bits per heavy atom. The lowest BCUT2D eigenvalue weighted by Gasteiger charge is -1.95. The predicted molar refractivity (Wildman–Crippen MR) is 39.8 cm³/mol. The fourth-order valence-corrected chi connectivity index (χ4v) is 0.576. The Bertz CT molecular complexity index is 246. The molecule has 0 amide bonds. The maximum atomic E-state index is 5.43. The van der Waals surface area contributed by atoms with Gasteiger partial charge in [0.1, 0.15) is 12.8 Å². The summed E-state index contributed by atoms with van der Waals surface area (Å²) >= 11 is 0. The topological polar surface area (TPSA) is 73.4 Å². The van der Waals surface area contributed by atoms with Gasteiger partial charge in [0.25, 0.3) is 0 Å². The number of aromatic nitrogens is 2. The average molecular weight is 152 g/mol. The minimum Gasteiger partial charge on any atom is -0.397 e. The Kier molecular flexibility index (Phi) is 2.37. The van der Waals surface area contributed by atoms with Gasteiger partial charge >= 0.3 is 0 Å². The van der Waals surface area contributed by atoms with Crippen LogP contribution in [-0.2, 0) is 4.84 Å². The Morgan fingerprint density at radius 1 is 1.64 bits per heavy atom. The molecular weight excluding hydrogens is 144 g/mol. The van der Waals surface area contributed by atoms with Crippen LogP contribution < -0.4 is 5.73 Å². The molecule has 0 spiro atoms. The van der Waals surface area contributed by atoms with E-state index in [1.165, 1.54) is 19.5 Å². The summed E-state index contributed by atoms with van der Waals surface area (Å²) in [5.41, 5.74) is 5.94. The molecule has 0 saturated heterocycles. The van der Waals surface area contributed by atoms with Crippen LogP contribution in [-0.4, -0.2) is 22.9 Å². The van der Waals surface area contributed by atoms with Crippen molar-refractivity contribution in [1.29, 1.82) is 0 Å². The summed E-state index contributed by atoms with van der Waals surface area (Å²) in [4.78, 5) is 12.2. The van der Waals surface area contributed by atoms with Crippen LogP contribution in [0, 0.1) is 0 Å². The molecule has 5 nitrogen and oxygen atoms in total. The highest BCUT2D eigenvalue weighted by atomic mass is 16.6. The maximum absolute atomic E-state index is 5.43. The van der Waals surface area contributed by atoms with Crippen LogP contribution in [0.5, 0.6) is 0 Å². The molecule has 0 atom stereocenters. The molecule has 0 aliphatic rings. The van der Waals surface area contributed by atoms with E-state index in [0.717, 1.165) is 0 Å². The second-order valence-electron chi connectivity index (χ2n) is 1.75. The highest BCUT2D eigenvalue weighted by Gasteiger charge is 1.97. The molecule has 0 radical (unpaired) electrons. The maximum Gasteiger partial charge on any atom is 0.190 e. The first-order chi connectivity index (χ1) is 5.34. The number of oxime groups is 1. The lowest BCUT2D eigenvalue weighted by molar-refractivity contribution is 0.213. The van der Waals surface area contributed by atoms with Crippen LogP contribution in [0.1, 0.15) is 5.69 Å². The van der Waals surface area contributed by atoms with Gasteiger partial charge in [0.2, 0.25) is 0 Å². The van der Waals surface area contributed by atoms with E-state index >= 15 is 0 Å². The molecule has 0 unspecified atom stereocenters. The number of rotatable bonds is 2. The van der Waals surface area contributed by atoms with Crippen molar-refractivity contribution in [2.45, 2.75) is 0 Å². The smallest absolute Gasteiger partial charge is 0.190 e. The second-order valence-corrected chi connectivity index (χ2v) is 1.75. The fourth-order valence-electron chi connectivity index (χ4n) is 0.576. The van der Waals surface area contributed by atoms with Crippen LogP contribution in [0.25, 0.3) is 0 Å². The Morgan fingerprint density at radius 3 is 3.00 bits per heavy atom. The third-order valence-electron chi connectivity index (χ3n) is 1.02. The van der Waals surface area contributed by atoms with E-state index < -0.39 is 0 Å². The SMILES string of the molecule is CO/N=C(\N)c1cnccn1. The minimum atomic E-state index is 0.223. The molecule has 11 heavy (non-hydrogen) atoms. The molecule has 0 saturated carbocycles. The molecule has 1 heterocycles. The van der Waals surface area contributed by atoms with Crippen molar-refractivity contribution in [1.82, 2.24) is 9.97 Å². The third-order valence-corrected chi connectivity index (χ3v) is 1.02. The zero-order valence-electron chi connectivity index (χ0n) is 6.06. The van der Waals surface area contributed by atoms with Crippen LogP contribution in [0.15, 0.2) is 23.7 Å². The van der Waals surface area contributed by atoms with Gasteiger partial charge in [-0.05, 0) is 0 Å². The molecule has 0 aliphatic carbocycles. The largest absolute Gasteiger partial charge is 0.397 e. The molecule has 0 aliphatic heterocycles. The van der Waals surface area contributed by atoms with E-state index in [4.69, 9.17) is 5.73 Å². The number of hydrogen-bond donors (Lipinski definition) is 1. The van der Waals surface area contributed by atoms with E-state index in [1.54, 1.807) is 6.20 Å². The summed E-state index contributed by atoms with van der Waals surface area (Å²) in [7, 11) is 1.42. The van der Waals surface area contributed by atoms with Crippen molar-refractivity contribution >= 4 is 5.84 Å². The number of nitrogens with two attached hydrogens (primary N) is 1. The van der Waals surface area contributed by atoms with Gasteiger partial charge in [0, 0.05) is 12.4 Å². The molecule has 0 aromatic carbocycles. The first-order valence-electron chi connectivity index (χ1n) is 2.97. The first kappa shape index (κ1) is 7.46. The van der Waals surface area contributed by atoms with Crippen molar-refractivity contribution in [3.63, 3.8) is 0 Å². The second kappa shape index (κ2) is 3.50. The minimum absolute atomic E-state index is 0.223. The van der Waals surface area contributed by atoms with Crippen molar-refractivity contribution in [2.24, 2.45) is 10.9 Å². The monoisotopic (exact) mass is 152 g/mol. The average Bonchev–Trinajstić information content (AvgIpc) is 2.07. The van der Waals surface area contributed by atoms with Crippen LogP contribution in [0.3, 0.4) is 0 Å². The normalized spacial score (nSPS) is 11.2. The van der Waals surface area contributed by atoms with Gasteiger partial charge in [-0.2, -0.15) is 0 Å². The van der Waals surface area contributed by atoms with Gasteiger partial charge in [-0.1, -0.05) is 5.16 Å². The first-order valence-corrected chi connectivity index (χ1v) is 2.97. The van der Waals surface area contributed by atoms with Gasteiger partial charge in [-0.15, -0.1) is 0 Å². The van der Waals surface area contributed by atoms with Crippen molar-refractivity contribution in [2.75, 3.05) is 7.11 Å². The molecule has 0 fully saturated rings. The van der Waals surface area contributed by atoms with E-state index in [9.17, 15) is 0 Å². The van der Waals surface area contributed by atoms with E-state index in [1.807, 2.05) is 0 Å².